The van der Waals surface area contributed by atoms with Crippen LogP contribution in [0.3, 0.4) is 0 Å². The van der Waals surface area contributed by atoms with Gasteiger partial charge in [-0.15, -0.1) is 10.2 Å². The molecule has 1 aliphatic carbocycles. The molecule has 0 bridgehead atoms. The van der Waals surface area contributed by atoms with E-state index in [1.54, 1.807) is 25.3 Å². The molecule has 12 heteroatoms. The topological polar surface area (TPSA) is 125 Å². The first kappa shape index (κ1) is 26.5. The molecular formula is C28H37N9O3. The Labute approximate surface area is 234 Å². The largest absolute Gasteiger partial charge is 0.495 e. The number of methoxy groups -OCH3 is 1. The number of fused-ring (bicyclic) bond motifs is 1. The van der Waals surface area contributed by atoms with Gasteiger partial charge in [-0.2, -0.15) is 4.98 Å². The molecule has 3 aromatic rings. The SMILES string of the molecule is CC[C@@H]1C(=O)N(C)c2cnc(Nc3ccc(-c4nnc(CN5CCNCC5)o4)cc3OC)nc2N1C1CCCC1. The molecule has 1 aromatic carbocycles. The molecule has 4 heterocycles. The maximum absolute atomic E-state index is 13.2. The lowest BCUT2D eigenvalue weighted by Crippen LogP contribution is -2.55. The van der Waals surface area contributed by atoms with Gasteiger partial charge in [0.15, 0.2) is 5.82 Å². The van der Waals surface area contributed by atoms with E-state index in [2.05, 4.69) is 42.5 Å². The summed E-state index contributed by atoms with van der Waals surface area (Å²) in [5, 5.41) is 15.2. The summed E-state index contributed by atoms with van der Waals surface area (Å²) in [4.78, 5) is 28.9. The molecule has 0 unspecified atom stereocenters. The molecule has 0 radical (unpaired) electrons. The average Bonchev–Trinajstić information content (AvgIpc) is 3.68. The van der Waals surface area contributed by atoms with Gasteiger partial charge in [0, 0.05) is 44.8 Å². The van der Waals surface area contributed by atoms with Crippen molar-refractivity contribution in [1.82, 2.24) is 30.4 Å². The van der Waals surface area contributed by atoms with Crippen molar-refractivity contribution in [3.63, 3.8) is 0 Å². The molecule has 1 amide bonds. The lowest BCUT2D eigenvalue weighted by Gasteiger charge is -2.43. The van der Waals surface area contributed by atoms with E-state index >= 15 is 0 Å². The van der Waals surface area contributed by atoms with Gasteiger partial charge in [-0.3, -0.25) is 9.69 Å². The number of rotatable bonds is 8. The predicted molar refractivity (Wildman–Crippen MR) is 152 cm³/mol. The highest BCUT2D eigenvalue weighted by molar-refractivity contribution is 6.04. The van der Waals surface area contributed by atoms with E-state index in [-0.39, 0.29) is 11.9 Å². The van der Waals surface area contributed by atoms with Crippen LogP contribution in [0.1, 0.15) is 44.9 Å². The molecule has 6 rings (SSSR count). The maximum atomic E-state index is 13.2. The van der Waals surface area contributed by atoms with Crippen LogP contribution in [0.2, 0.25) is 0 Å². The fraction of sp³-hybridized carbons (Fsp3) is 0.536. The van der Waals surface area contributed by atoms with Crippen LogP contribution < -0.4 is 25.2 Å². The van der Waals surface area contributed by atoms with Crippen molar-refractivity contribution in [2.45, 2.75) is 57.7 Å². The van der Waals surface area contributed by atoms with Crippen molar-refractivity contribution in [1.29, 1.82) is 0 Å². The molecule has 1 saturated carbocycles. The number of benzene rings is 1. The van der Waals surface area contributed by atoms with E-state index in [0.29, 0.717) is 41.8 Å². The number of carbonyl (C=O) groups is 1. The van der Waals surface area contributed by atoms with Crippen LogP contribution in [0.4, 0.5) is 23.1 Å². The first-order chi connectivity index (χ1) is 19.6. The van der Waals surface area contributed by atoms with Gasteiger partial charge >= 0.3 is 0 Å². The van der Waals surface area contributed by atoms with Gasteiger partial charge in [-0.25, -0.2) is 4.98 Å². The van der Waals surface area contributed by atoms with Gasteiger partial charge < -0.3 is 29.6 Å². The second-order valence-electron chi connectivity index (χ2n) is 10.6. The minimum Gasteiger partial charge on any atom is -0.495 e. The molecule has 40 heavy (non-hydrogen) atoms. The molecule has 2 fully saturated rings. The number of hydrogen-bond donors (Lipinski definition) is 2. The van der Waals surface area contributed by atoms with Crippen molar-refractivity contribution in [2.75, 3.05) is 55.5 Å². The monoisotopic (exact) mass is 547 g/mol. The number of nitrogens with one attached hydrogen (secondary N) is 2. The van der Waals surface area contributed by atoms with Crippen molar-refractivity contribution >= 4 is 29.0 Å². The summed E-state index contributed by atoms with van der Waals surface area (Å²) in [6.45, 7) is 6.55. The normalized spacial score (nSPS) is 20.2. The van der Waals surface area contributed by atoms with Gasteiger partial charge in [0.05, 0.1) is 25.5 Å². The minimum atomic E-state index is -0.219. The summed E-state index contributed by atoms with van der Waals surface area (Å²) in [5.41, 5.74) is 2.22. The van der Waals surface area contributed by atoms with Crippen LogP contribution in [0.15, 0.2) is 28.8 Å². The van der Waals surface area contributed by atoms with Crippen LogP contribution in [-0.4, -0.2) is 83.4 Å². The average molecular weight is 548 g/mol. The van der Waals surface area contributed by atoms with E-state index in [4.69, 9.17) is 14.1 Å². The van der Waals surface area contributed by atoms with Crippen molar-refractivity contribution in [3.8, 4) is 17.2 Å². The second kappa shape index (κ2) is 11.4. The van der Waals surface area contributed by atoms with Crippen LogP contribution in [0.25, 0.3) is 11.5 Å². The van der Waals surface area contributed by atoms with E-state index in [9.17, 15) is 4.79 Å². The highest BCUT2D eigenvalue weighted by Crippen LogP contribution is 2.40. The summed E-state index contributed by atoms with van der Waals surface area (Å²) in [5.74, 6) is 3.00. The molecule has 1 atom stereocenters. The third-order valence-corrected chi connectivity index (χ3v) is 8.14. The molecule has 2 aromatic heterocycles. The van der Waals surface area contributed by atoms with Gasteiger partial charge in [0.2, 0.25) is 23.6 Å². The summed E-state index contributed by atoms with van der Waals surface area (Å²) in [6.07, 6.45) is 6.95. The maximum Gasteiger partial charge on any atom is 0.249 e. The number of ether oxygens (including phenoxy) is 1. The molecule has 2 N–H and O–H groups in total. The Morgan fingerprint density at radius 2 is 1.98 bits per heavy atom. The zero-order chi connectivity index (χ0) is 27.6. The fourth-order valence-electron chi connectivity index (χ4n) is 5.99. The van der Waals surface area contributed by atoms with Crippen molar-refractivity contribution < 1.29 is 13.9 Å². The van der Waals surface area contributed by atoms with E-state index in [1.807, 2.05) is 18.2 Å². The third kappa shape index (κ3) is 5.08. The summed E-state index contributed by atoms with van der Waals surface area (Å²) in [6, 6.07) is 5.77. The van der Waals surface area contributed by atoms with Crippen LogP contribution in [0, 0.1) is 0 Å². The Balaban J connectivity index is 1.24. The number of nitrogens with zero attached hydrogens (tertiary/aromatic N) is 7. The molecule has 12 nitrogen and oxygen atoms in total. The molecule has 1 saturated heterocycles. The minimum absolute atomic E-state index is 0.0978. The van der Waals surface area contributed by atoms with Crippen molar-refractivity contribution in [2.24, 2.45) is 0 Å². The number of piperazine rings is 1. The Morgan fingerprint density at radius 3 is 2.73 bits per heavy atom. The van der Waals surface area contributed by atoms with Crippen LogP contribution in [-0.2, 0) is 11.3 Å². The lowest BCUT2D eigenvalue weighted by molar-refractivity contribution is -0.120. The Bertz CT molecular complexity index is 1350. The number of aromatic nitrogens is 4. The number of carbonyl (C=O) groups excluding carboxylic acids is 1. The highest BCUT2D eigenvalue weighted by atomic mass is 16.5. The standard InChI is InChI=1S/C28H37N9O3/c1-4-21-27(38)35(2)22-16-30-28(32-25(22)37(21)19-7-5-6-8-19)31-20-10-9-18(15-23(20)39-3)26-34-33-24(40-26)17-36-13-11-29-12-14-36/h9-10,15-16,19,21,29H,4-8,11-14,17H2,1-3H3,(H,30,31,32)/t21-/m1/s1. The van der Waals surface area contributed by atoms with Gasteiger partial charge in [0.1, 0.15) is 17.5 Å². The molecule has 0 spiro atoms. The lowest BCUT2D eigenvalue weighted by atomic mass is 10.0. The summed E-state index contributed by atoms with van der Waals surface area (Å²) in [7, 11) is 3.43. The Morgan fingerprint density at radius 1 is 1.18 bits per heavy atom. The molecule has 2 aliphatic heterocycles. The quantitative estimate of drug-likeness (QED) is 0.432. The number of anilines is 4. The Kier molecular flexibility index (Phi) is 7.53. The number of hydrogen-bond acceptors (Lipinski definition) is 11. The van der Waals surface area contributed by atoms with Crippen LogP contribution in [0.5, 0.6) is 5.75 Å². The predicted octanol–water partition coefficient (Wildman–Crippen LogP) is 3.19. The fourth-order valence-corrected chi connectivity index (χ4v) is 5.99. The van der Waals surface area contributed by atoms with E-state index in [1.165, 1.54) is 12.8 Å². The summed E-state index contributed by atoms with van der Waals surface area (Å²) >= 11 is 0. The smallest absolute Gasteiger partial charge is 0.249 e. The van der Waals surface area contributed by atoms with E-state index < -0.39 is 0 Å². The zero-order valence-corrected chi connectivity index (χ0v) is 23.4. The first-order valence-electron chi connectivity index (χ1n) is 14.2. The van der Waals surface area contributed by atoms with E-state index in [0.717, 1.165) is 62.5 Å². The van der Waals surface area contributed by atoms with Crippen molar-refractivity contribution in [3.05, 3.63) is 30.3 Å². The van der Waals surface area contributed by atoms with Gasteiger partial charge in [-0.1, -0.05) is 19.8 Å². The zero-order valence-electron chi connectivity index (χ0n) is 23.4. The third-order valence-electron chi connectivity index (χ3n) is 8.14. The molecule has 3 aliphatic rings. The molecule has 212 valence electrons. The second-order valence-corrected chi connectivity index (χ2v) is 10.6. The van der Waals surface area contributed by atoms with Gasteiger partial charge in [-0.05, 0) is 37.5 Å². The number of likely N-dealkylation sites (N-methyl/N-ethyl adjacent to an activating group) is 1. The summed E-state index contributed by atoms with van der Waals surface area (Å²) < 4.78 is 11.7. The highest BCUT2D eigenvalue weighted by Gasteiger charge is 2.41. The Hall–Kier alpha value is -3.77. The first-order valence-corrected chi connectivity index (χ1v) is 14.2. The van der Waals surface area contributed by atoms with Gasteiger partial charge in [0.25, 0.3) is 0 Å². The molecular weight excluding hydrogens is 510 g/mol. The van der Waals surface area contributed by atoms with Crippen LogP contribution >= 0.6 is 0 Å². The number of amides is 1.